The summed E-state index contributed by atoms with van der Waals surface area (Å²) in [6.07, 6.45) is 0. The van der Waals surface area contributed by atoms with E-state index in [1.807, 2.05) is 96.8 Å². The van der Waals surface area contributed by atoms with Crippen molar-refractivity contribution < 1.29 is 14.3 Å². The van der Waals surface area contributed by atoms with Crippen molar-refractivity contribution in [2.75, 3.05) is 38.6 Å². The Balaban J connectivity index is 1.33. The zero-order valence-electron chi connectivity index (χ0n) is 23.6. The van der Waals surface area contributed by atoms with E-state index in [1.54, 1.807) is 12.0 Å². The smallest absolute Gasteiger partial charge is 0.321 e. The van der Waals surface area contributed by atoms with Gasteiger partial charge in [0.25, 0.3) is 5.91 Å². The molecular formula is C33H36N4O3. The summed E-state index contributed by atoms with van der Waals surface area (Å²) in [7, 11) is 1.65. The van der Waals surface area contributed by atoms with E-state index < -0.39 is 0 Å². The normalized spacial score (nSPS) is 13.4. The summed E-state index contributed by atoms with van der Waals surface area (Å²) < 4.78 is 7.58. The van der Waals surface area contributed by atoms with Crippen LogP contribution in [0.2, 0.25) is 0 Å². The fourth-order valence-electron chi connectivity index (χ4n) is 5.16. The van der Waals surface area contributed by atoms with Crippen LogP contribution in [0.3, 0.4) is 0 Å². The number of urea groups is 1. The van der Waals surface area contributed by atoms with E-state index in [4.69, 9.17) is 4.74 Å². The number of carbonyl (C=O) groups excluding carboxylic acids is 2. The quantitative estimate of drug-likeness (QED) is 0.303. The zero-order valence-corrected chi connectivity index (χ0v) is 23.6. The molecule has 1 aromatic heterocycles. The summed E-state index contributed by atoms with van der Waals surface area (Å²) in [6.45, 7) is 8.17. The molecule has 1 fully saturated rings. The number of aromatic nitrogens is 1. The van der Waals surface area contributed by atoms with Gasteiger partial charge in [0.05, 0.1) is 18.4 Å². The number of ether oxygens (including phenoxy) is 1. The summed E-state index contributed by atoms with van der Waals surface area (Å²) in [5.74, 6) is 1.17. The number of methoxy groups -OCH3 is 1. The minimum Gasteiger partial charge on any atom is -0.497 e. The van der Waals surface area contributed by atoms with Gasteiger partial charge in [-0.15, -0.1) is 0 Å². The average Bonchev–Trinajstić information content (AvgIpc) is 3.34. The van der Waals surface area contributed by atoms with Gasteiger partial charge in [0.1, 0.15) is 5.75 Å². The van der Waals surface area contributed by atoms with Gasteiger partial charge in [-0.25, -0.2) is 4.79 Å². The molecule has 2 heterocycles. The number of nitrogens with one attached hydrogen (secondary N) is 1. The van der Waals surface area contributed by atoms with Gasteiger partial charge in [-0.2, -0.15) is 0 Å². The Hall–Kier alpha value is -4.52. The molecule has 0 atom stereocenters. The van der Waals surface area contributed by atoms with Gasteiger partial charge >= 0.3 is 6.03 Å². The summed E-state index contributed by atoms with van der Waals surface area (Å²) >= 11 is 0. The van der Waals surface area contributed by atoms with Crippen LogP contribution < -0.4 is 10.1 Å². The van der Waals surface area contributed by atoms with Gasteiger partial charge in [0, 0.05) is 49.3 Å². The monoisotopic (exact) mass is 536 g/mol. The second-order valence-electron chi connectivity index (χ2n) is 10.4. The topological polar surface area (TPSA) is 66.8 Å². The summed E-state index contributed by atoms with van der Waals surface area (Å²) in [5, 5.41) is 2.99. The molecule has 0 bridgehead atoms. The number of nitrogens with zero attached hydrogens (tertiary/aromatic N) is 3. The molecule has 7 heteroatoms. The fraction of sp³-hybridized carbons (Fsp3) is 0.273. The molecule has 1 aliphatic rings. The van der Waals surface area contributed by atoms with Crippen molar-refractivity contribution in [3.63, 3.8) is 0 Å². The van der Waals surface area contributed by atoms with E-state index in [-0.39, 0.29) is 11.9 Å². The summed E-state index contributed by atoms with van der Waals surface area (Å²) in [6, 6.07) is 27.7. The highest BCUT2D eigenvalue weighted by Gasteiger charge is 2.28. The molecule has 4 aromatic rings. The van der Waals surface area contributed by atoms with Crippen LogP contribution in [0.4, 0.5) is 10.5 Å². The van der Waals surface area contributed by atoms with Crippen molar-refractivity contribution >= 4 is 17.6 Å². The number of carbonyl (C=O) groups is 2. The van der Waals surface area contributed by atoms with Crippen LogP contribution in [0, 0.1) is 6.92 Å². The third-order valence-electron chi connectivity index (χ3n) is 7.54. The Morgan fingerprint density at radius 3 is 2.15 bits per heavy atom. The molecule has 3 aromatic carbocycles. The van der Waals surface area contributed by atoms with Gasteiger partial charge in [0.15, 0.2) is 0 Å². The molecule has 3 amide bonds. The first-order chi connectivity index (χ1) is 19.4. The standard InChI is InChI=1S/C33H36N4O3/c1-23(2)25-13-15-27(16-14-25)34-33(39)36-19-17-35(18-20-36)32(38)30-22-31(26-9-6-5-7-10-26)37(24(30)3)28-11-8-12-29(21-28)40-4/h5-16,21-23H,17-20H2,1-4H3,(H,34,39). The summed E-state index contributed by atoms with van der Waals surface area (Å²) in [4.78, 5) is 30.3. The van der Waals surface area contributed by atoms with Crippen molar-refractivity contribution in [3.8, 4) is 22.7 Å². The van der Waals surface area contributed by atoms with Crippen LogP contribution in [0.1, 0.15) is 41.4 Å². The highest BCUT2D eigenvalue weighted by atomic mass is 16.5. The lowest BCUT2D eigenvalue weighted by Gasteiger charge is -2.34. The minimum absolute atomic E-state index is 0.0272. The molecule has 0 unspecified atom stereocenters. The number of hydrogen-bond acceptors (Lipinski definition) is 3. The Bertz CT molecular complexity index is 1480. The first-order valence-electron chi connectivity index (χ1n) is 13.7. The number of piperazine rings is 1. The van der Waals surface area contributed by atoms with Crippen molar-refractivity contribution in [1.82, 2.24) is 14.4 Å². The van der Waals surface area contributed by atoms with Gasteiger partial charge in [-0.3, -0.25) is 4.79 Å². The molecule has 206 valence electrons. The number of amides is 3. The van der Waals surface area contributed by atoms with Gasteiger partial charge in [-0.1, -0.05) is 62.4 Å². The lowest BCUT2D eigenvalue weighted by atomic mass is 10.0. The molecule has 0 spiro atoms. The van der Waals surface area contributed by atoms with E-state index >= 15 is 0 Å². The van der Waals surface area contributed by atoms with Crippen molar-refractivity contribution in [2.24, 2.45) is 0 Å². The third-order valence-corrected chi connectivity index (χ3v) is 7.54. The highest BCUT2D eigenvalue weighted by molar-refractivity contribution is 5.97. The molecule has 7 nitrogen and oxygen atoms in total. The molecule has 0 saturated carbocycles. The molecule has 1 aliphatic heterocycles. The van der Waals surface area contributed by atoms with Crippen LogP contribution in [0.5, 0.6) is 5.75 Å². The van der Waals surface area contributed by atoms with Gasteiger partial charge in [0.2, 0.25) is 0 Å². The second-order valence-corrected chi connectivity index (χ2v) is 10.4. The number of benzene rings is 3. The molecule has 40 heavy (non-hydrogen) atoms. The maximum absolute atomic E-state index is 13.8. The SMILES string of the molecule is COc1cccc(-n2c(-c3ccccc3)cc(C(=O)N3CCN(C(=O)Nc4ccc(C(C)C)cc4)CC3)c2C)c1. The predicted molar refractivity (Wildman–Crippen MR) is 160 cm³/mol. The maximum atomic E-state index is 13.8. The van der Waals surface area contributed by atoms with Crippen molar-refractivity contribution in [2.45, 2.75) is 26.7 Å². The van der Waals surface area contributed by atoms with Crippen LogP contribution in [0.15, 0.2) is 84.9 Å². The lowest BCUT2D eigenvalue weighted by molar-refractivity contribution is 0.0671. The van der Waals surface area contributed by atoms with Crippen LogP contribution >= 0.6 is 0 Å². The van der Waals surface area contributed by atoms with E-state index in [1.165, 1.54) is 5.56 Å². The van der Waals surface area contributed by atoms with Crippen molar-refractivity contribution in [1.29, 1.82) is 0 Å². The average molecular weight is 537 g/mol. The van der Waals surface area contributed by atoms with Crippen LogP contribution in [-0.2, 0) is 0 Å². The third kappa shape index (κ3) is 5.59. The van der Waals surface area contributed by atoms with E-state index in [2.05, 4.69) is 23.7 Å². The Morgan fingerprint density at radius 1 is 0.825 bits per heavy atom. The van der Waals surface area contributed by atoms with Crippen LogP contribution in [-0.4, -0.2) is 59.6 Å². The Kier molecular flexibility index (Phi) is 7.91. The molecular weight excluding hydrogens is 500 g/mol. The van der Waals surface area contributed by atoms with Gasteiger partial charge < -0.3 is 24.4 Å². The molecule has 0 aliphatic carbocycles. The zero-order chi connectivity index (χ0) is 28.2. The van der Waals surface area contributed by atoms with E-state index in [9.17, 15) is 9.59 Å². The first-order valence-corrected chi connectivity index (χ1v) is 13.7. The molecule has 5 rings (SSSR count). The minimum atomic E-state index is -0.142. The Morgan fingerprint density at radius 2 is 1.50 bits per heavy atom. The number of anilines is 1. The molecule has 1 N–H and O–H groups in total. The van der Waals surface area contributed by atoms with E-state index in [0.29, 0.717) is 37.7 Å². The molecule has 0 radical (unpaired) electrons. The van der Waals surface area contributed by atoms with Crippen LogP contribution in [0.25, 0.3) is 16.9 Å². The van der Waals surface area contributed by atoms with Crippen molar-refractivity contribution in [3.05, 3.63) is 102 Å². The predicted octanol–water partition coefficient (Wildman–Crippen LogP) is 6.57. The second kappa shape index (κ2) is 11.7. The largest absolute Gasteiger partial charge is 0.497 e. The fourth-order valence-corrected chi connectivity index (χ4v) is 5.16. The maximum Gasteiger partial charge on any atom is 0.321 e. The van der Waals surface area contributed by atoms with E-state index in [0.717, 1.165) is 34.1 Å². The first kappa shape index (κ1) is 27.1. The lowest BCUT2D eigenvalue weighted by Crippen LogP contribution is -2.51. The summed E-state index contributed by atoms with van der Waals surface area (Å²) in [5.41, 5.74) is 6.42. The number of hydrogen-bond donors (Lipinski definition) is 1. The highest BCUT2D eigenvalue weighted by Crippen LogP contribution is 2.31. The van der Waals surface area contributed by atoms with Gasteiger partial charge in [-0.05, 0) is 54.3 Å². The molecule has 1 saturated heterocycles. The number of rotatable bonds is 6. The Labute approximate surface area is 236 Å².